The number of hydrogen-bond acceptors (Lipinski definition) is 9. The number of aromatic nitrogens is 2. The molecule has 4 amide bonds. The number of carbonyl (C=O) groups excluding carboxylic acids is 3. The normalized spacial score (nSPS) is 24.1. The molecular weight excluding hydrogens is 542 g/mol. The first kappa shape index (κ1) is 26.2. The molecule has 0 bridgehead atoms. The van der Waals surface area contributed by atoms with Crippen molar-refractivity contribution in [3.8, 4) is 17.1 Å². The highest BCUT2D eigenvalue weighted by Gasteiger charge is 2.53. The van der Waals surface area contributed by atoms with Crippen LogP contribution in [-0.2, 0) is 25.6 Å². The van der Waals surface area contributed by atoms with Gasteiger partial charge in [-0.3, -0.25) is 14.5 Å². The quantitative estimate of drug-likeness (QED) is 0.456. The molecule has 3 aliphatic rings. The zero-order chi connectivity index (χ0) is 27.8. The van der Waals surface area contributed by atoms with Gasteiger partial charge in [-0.05, 0) is 31.0 Å². The number of benzene rings is 2. The highest BCUT2D eigenvalue weighted by molar-refractivity contribution is 6.32. The standard InChI is InChI=1S/C27H26ClN5O7/c1-37-20-8-7-16(9-18(20)28)29-23(34)12-32-19-11-22-21(38-14-39-22)10-17(19)26(35)33(27(32)36)13-24-30-25(31-40-24)15-5-3-2-4-6-15/h2-9,17,19,21-22H,10-14H2,1H3,(H,29,34). The van der Waals surface area contributed by atoms with Crippen molar-refractivity contribution in [3.05, 3.63) is 59.4 Å². The number of hydrogen-bond donors (Lipinski definition) is 1. The van der Waals surface area contributed by atoms with Gasteiger partial charge < -0.3 is 29.0 Å². The van der Waals surface area contributed by atoms with Crippen molar-refractivity contribution >= 4 is 35.1 Å². The van der Waals surface area contributed by atoms with E-state index in [1.165, 1.54) is 12.0 Å². The summed E-state index contributed by atoms with van der Waals surface area (Å²) in [5.41, 5.74) is 1.18. The van der Waals surface area contributed by atoms with Crippen LogP contribution in [0.25, 0.3) is 11.4 Å². The van der Waals surface area contributed by atoms with Crippen LogP contribution in [0.1, 0.15) is 18.7 Å². The van der Waals surface area contributed by atoms with Crippen LogP contribution >= 0.6 is 11.6 Å². The van der Waals surface area contributed by atoms with Crippen LogP contribution in [-0.4, -0.2) is 76.5 Å². The maximum Gasteiger partial charge on any atom is 0.327 e. The highest BCUT2D eigenvalue weighted by Crippen LogP contribution is 2.39. The Labute approximate surface area is 234 Å². The molecule has 3 heterocycles. The SMILES string of the molecule is COc1ccc(NC(=O)CN2C(=O)N(Cc3nc(-c4ccccc4)no3)C(=O)C3CC4OCOC4CC32)cc1Cl. The molecule has 13 heteroatoms. The van der Waals surface area contributed by atoms with Gasteiger partial charge in [0.25, 0.3) is 0 Å². The van der Waals surface area contributed by atoms with E-state index in [1.807, 2.05) is 30.3 Å². The van der Waals surface area contributed by atoms with Gasteiger partial charge in [0, 0.05) is 17.3 Å². The van der Waals surface area contributed by atoms with E-state index in [9.17, 15) is 14.4 Å². The number of nitrogens with zero attached hydrogens (tertiary/aromatic N) is 4. The summed E-state index contributed by atoms with van der Waals surface area (Å²) in [6, 6.07) is 12.9. The van der Waals surface area contributed by atoms with Gasteiger partial charge in [0.05, 0.1) is 30.3 Å². The average Bonchev–Trinajstić information content (AvgIpc) is 3.62. The third-order valence-corrected chi connectivity index (χ3v) is 7.70. The Hall–Kier alpha value is -4.00. The van der Waals surface area contributed by atoms with Gasteiger partial charge in [-0.1, -0.05) is 47.1 Å². The largest absolute Gasteiger partial charge is 0.495 e. The van der Waals surface area contributed by atoms with Gasteiger partial charge in [0.15, 0.2) is 0 Å². The monoisotopic (exact) mass is 567 g/mol. The van der Waals surface area contributed by atoms with Crippen molar-refractivity contribution in [3.63, 3.8) is 0 Å². The number of amides is 4. The predicted molar refractivity (Wildman–Crippen MR) is 140 cm³/mol. The average molecular weight is 568 g/mol. The minimum atomic E-state index is -0.619. The molecule has 2 aromatic carbocycles. The molecule has 0 spiro atoms. The summed E-state index contributed by atoms with van der Waals surface area (Å²) in [6.45, 7) is -0.382. The smallest absolute Gasteiger partial charge is 0.327 e. The Bertz CT molecular complexity index is 1430. The first-order valence-corrected chi connectivity index (χ1v) is 13.2. The Morgan fingerprint density at radius 1 is 1.12 bits per heavy atom. The van der Waals surface area contributed by atoms with Gasteiger partial charge in [0.1, 0.15) is 25.6 Å². The van der Waals surface area contributed by atoms with E-state index in [2.05, 4.69) is 15.5 Å². The number of ether oxygens (including phenoxy) is 3. The molecule has 1 aromatic heterocycles. The molecular formula is C27H26ClN5O7. The molecule has 2 saturated heterocycles. The van der Waals surface area contributed by atoms with Crippen LogP contribution in [0.4, 0.5) is 10.5 Å². The van der Waals surface area contributed by atoms with Crippen molar-refractivity contribution in [2.24, 2.45) is 5.92 Å². The van der Waals surface area contributed by atoms with E-state index >= 15 is 0 Å². The molecule has 4 unspecified atom stereocenters. The number of carbonyl (C=O) groups is 3. The van der Waals surface area contributed by atoms with E-state index in [4.69, 9.17) is 30.3 Å². The molecule has 12 nitrogen and oxygen atoms in total. The van der Waals surface area contributed by atoms with Crippen molar-refractivity contribution in [2.75, 3.05) is 25.8 Å². The molecule has 3 aromatic rings. The number of urea groups is 1. The van der Waals surface area contributed by atoms with Crippen LogP contribution in [0, 0.1) is 5.92 Å². The van der Waals surface area contributed by atoms with Crippen LogP contribution in [0.3, 0.4) is 0 Å². The van der Waals surface area contributed by atoms with Crippen molar-refractivity contribution in [2.45, 2.75) is 37.6 Å². The van der Waals surface area contributed by atoms with Crippen molar-refractivity contribution in [1.82, 2.24) is 19.9 Å². The molecule has 208 valence electrons. The molecule has 40 heavy (non-hydrogen) atoms. The third-order valence-electron chi connectivity index (χ3n) is 7.41. The number of rotatable bonds is 7. The maximum absolute atomic E-state index is 13.7. The van der Waals surface area contributed by atoms with E-state index in [1.54, 1.807) is 18.2 Å². The first-order chi connectivity index (χ1) is 19.4. The maximum atomic E-state index is 13.7. The number of methoxy groups -OCH3 is 1. The Balaban J connectivity index is 1.23. The number of fused-ring (bicyclic) bond motifs is 2. The molecule has 2 aliphatic heterocycles. The topological polar surface area (TPSA) is 136 Å². The summed E-state index contributed by atoms with van der Waals surface area (Å²) in [4.78, 5) is 47.3. The minimum Gasteiger partial charge on any atom is -0.495 e. The molecule has 1 N–H and O–H groups in total. The number of imide groups is 1. The second kappa shape index (κ2) is 10.9. The van der Waals surface area contributed by atoms with Gasteiger partial charge in [-0.15, -0.1) is 0 Å². The van der Waals surface area contributed by atoms with Crippen LogP contribution in [0.15, 0.2) is 53.1 Å². The molecule has 0 radical (unpaired) electrons. The summed E-state index contributed by atoms with van der Waals surface area (Å²) in [5.74, 6) is -0.489. The summed E-state index contributed by atoms with van der Waals surface area (Å²) in [5, 5.41) is 7.09. The van der Waals surface area contributed by atoms with Gasteiger partial charge >= 0.3 is 6.03 Å². The molecule has 4 atom stereocenters. The second-order valence-corrected chi connectivity index (χ2v) is 10.2. The summed E-state index contributed by atoms with van der Waals surface area (Å²) in [7, 11) is 1.50. The fourth-order valence-electron chi connectivity index (χ4n) is 5.47. The fourth-order valence-corrected chi connectivity index (χ4v) is 5.73. The van der Waals surface area contributed by atoms with Crippen LogP contribution in [0.5, 0.6) is 5.75 Å². The van der Waals surface area contributed by atoms with E-state index in [-0.39, 0.29) is 43.9 Å². The van der Waals surface area contributed by atoms with Crippen LogP contribution < -0.4 is 10.1 Å². The highest BCUT2D eigenvalue weighted by atomic mass is 35.5. The Morgan fingerprint density at radius 3 is 2.65 bits per heavy atom. The zero-order valence-corrected chi connectivity index (χ0v) is 22.2. The predicted octanol–water partition coefficient (Wildman–Crippen LogP) is 3.32. The van der Waals surface area contributed by atoms with Crippen molar-refractivity contribution < 1.29 is 33.1 Å². The second-order valence-electron chi connectivity index (χ2n) is 9.78. The van der Waals surface area contributed by atoms with E-state index in [0.717, 1.165) is 10.5 Å². The fraction of sp³-hybridized carbons (Fsp3) is 0.370. The van der Waals surface area contributed by atoms with Crippen LogP contribution in [0.2, 0.25) is 5.02 Å². The summed E-state index contributed by atoms with van der Waals surface area (Å²) >= 11 is 6.19. The van der Waals surface area contributed by atoms with E-state index < -0.39 is 23.9 Å². The van der Waals surface area contributed by atoms with Gasteiger partial charge in [-0.2, -0.15) is 4.98 Å². The molecule has 1 aliphatic carbocycles. The lowest BCUT2D eigenvalue weighted by atomic mass is 9.78. The molecule has 1 saturated carbocycles. The van der Waals surface area contributed by atoms with Gasteiger partial charge in [0.2, 0.25) is 23.5 Å². The molecule has 3 fully saturated rings. The van der Waals surface area contributed by atoms with Gasteiger partial charge in [-0.25, -0.2) is 4.79 Å². The lowest BCUT2D eigenvalue weighted by Crippen LogP contribution is -2.65. The van der Waals surface area contributed by atoms with Crippen molar-refractivity contribution in [1.29, 1.82) is 0 Å². The number of halogens is 1. The number of anilines is 1. The first-order valence-electron chi connectivity index (χ1n) is 12.8. The summed E-state index contributed by atoms with van der Waals surface area (Å²) < 4.78 is 21.9. The zero-order valence-electron chi connectivity index (χ0n) is 21.5. The Kier molecular flexibility index (Phi) is 7.13. The third kappa shape index (κ3) is 5.01. The lowest BCUT2D eigenvalue weighted by Gasteiger charge is -2.48. The number of nitrogens with one attached hydrogen (secondary N) is 1. The minimum absolute atomic E-state index is 0.102. The summed E-state index contributed by atoms with van der Waals surface area (Å²) in [6.07, 6.45) is 0.221. The molecule has 6 rings (SSSR count). The lowest BCUT2D eigenvalue weighted by molar-refractivity contribution is -0.145. The Morgan fingerprint density at radius 2 is 1.90 bits per heavy atom. The van der Waals surface area contributed by atoms with E-state index in [0.29, 0.717) is 35.1 Å².